The lowest BCUT2D eigenvalue weighted by Gasteiger charge is -2.33. The number of nitrogens with zero attached hydrogens (tertiary/aromatic N) is 3. The van der Waals surface area contributed by atoms with Gasteiger partial charge in [-0.15, -0.1) is 0 Å². The first kappa shape index (κ1) is 14.5. The van der Waals surface area contributed by atoms with Crippen LogP contribution in [0.2, 0.25) is 0 Å². The highest BCUT2D eigenvalue weighted by atomic mass is 79.9. The van der Waals surface area contributed by atoms with Gasteiger partial charge in [0.2, 0.25) is 0 Å². The molecule has 2 heterocycles. The highest BCUT2D eigenvalue weighted by Gasteiger charge is 2.27. The van der Waals surface area contributed by atoms with Crippen molar-refractivity contribution in [2.45, 2.75) is 18.9 Å². The molecule has 1 fully saturated rings. The maximum Gasteiger partial charge on any atom is 0.404 e. The molecular weight excluding hydrogens is 332 g/mol. The van der Waals surface area contributed by atoms with Crippen LogP contribution in [-0.4, -0.2) is 40.2 Å². The molecule has 2 rings (SSSR count). The molecule has 0 spiro atoms. The van der Waals surface area contributed by atoms with Crippen molar-refractivity contribution < 1.29 is 14.8 Å². The van der Waals surface area contributed by atoms with Gasteiger partial charge in [-0.25, -0.2) is 4.79 Å². The number of carbonyl (C=O) groups is 1. The molecule has 0 bridgehead atoms. The zero-order valence-corrected chi connectivity index (χ0v) is 12.0. The zero-order chi connectivity index (χ0) is 14.7. The van der Waals surface area contributed by atoms with Gasteiger partial charge >= 0.3 is 11.8 Å². The first-order chi connectivity index (χ1) is 9.49. The van der Waals surface area contributed by atoms with Gasteiger partial charge in [0.15, 0.2) is 0 Å². The van der Waals surface area contributed by atoms with Crippen LogP contribution in [0.15, 0.2) is 16.9 Å². The average Bonchev–Trinajstić information content (AvgIpc) is 2.39. The molecule has 20 heavy (non-hydrogen) atoms. The van der Waals surface area contributed by atoms with E-state index >= 15 is 0 Å². The summed E-state index contributed by atoms with van der Waals surface area (Å²) < 4.78 is 0.566. The predicted molar refractivity (Wildman–Crippen MR) is 75.0 cm³/mol. The van der Waals surface area contributed by atoms with Gasteiger partial charge in [0.05, 0.1) is 9.40 Å². The van der Waals surface area contributed by atoms with Crippen molar-refractivity contribution in [2.75, 3.05) is 18.0 Å². The van der Waals surface area contributed by atoms with E-state index in [1.165, 1.54) is 12.4 Å². The summed E-state index contributed by atoms with van der Waals surface area (Å²) in [7, 11) is 0. The minimum absolute atomic E-state index is 0.0518. The lowest BCUT2D eigenvalue weighted by atomic mass is 10.0. The SMILES string of the molecule is O=C(O)NC1CCN(c2c(Br)cncc2[N+](=O)[O-])CC1. The molecule has 1 aromatic rings. The molecule has 9 heteroatoms. The summed E-state index contributed by atoms with van der Waals surface area (Å²) in [5.41, 5.74) is 0.447. The van der Waals surface area contributed by atoms with Crippen molar-refractivity contribution >= 4 is 33.4 Å². The van der Waals surface area contributed by atoms with Crippen LogP contribution in [0.4, 0.5) is 16.2 Å². The van der Waals surface area contributed by atoms with E-state index in [1.54, 1.807) is 0 Å². The lowest BCUT2D eigenvalue weighted by molar-refractivity contribution is -0.384. The lowest BCUT2D eigenvalue weighted by Crippen LogP contribution is -2.44. The van der Waals surface area contributed by atoms with Gasteiger partial charge in [-0.3, -0.25) is 15.1 Å². The molecule has 1 amide bonds. The number of carboxylic acid groups (broad SMARTS) is 1. The number of nitro groups is 1. The molecule has 108 valence electrons. The van der Waals surface area contributed by atoms with Gasteiger partial charge in [0.25, 0.3) is 0 Å². The molecule has 8 nitrogen and oxygen atoms in total. The van der Waals surface area contributed by atoms with Crippen LogP contribution in [0.5, 0.6) is 0 Å². The number of aromatic nitrogens is 1. The third kappa shape index (κ3) is 3.16. The second kappa shape index (κ2) is 6.04. The van der Waals surface area contributed by atoms with E-state index < -0.39 is 11.0 Å². The minimum Gasteiger partial charge on any atom is -0.465 e. The Bertz CT molecular complexity index is 531. The van der Waals surface area contributed by atoms with Gasteiger partial charge in [0.1, 0.15) is 11.9 Å². The molecule has 1 aromatic heterocycles. The standard InChI is InChI=1S/C11H13BrN4O4/c12-8-5-13-6-9(16(19)20)10(8)15-3-1-7(2-4-15)14-11(17)18/h5-7,14H,1-4H2,(H,17,18). The summed E-state index contributed by atoms with van der Waals surface area (Å²) >= 11 is 3.29. The van der Waals surface area contributed by atoms with Crippen molar-refractivity contribution in [3.05, 3.63) is 27.0 Å². The number of hydrogen-bond donors (Lipinski definition) is 2. The fourth-order valence-corrected chi connectivity index (χ4v) is 2.86. The molecule has 0 radical (unpaired) electrons. The van der Waals surface area contributed by atoms with Crippen LogP contribution in [0, 0.1) is 10.1 Å². The second-order valence-corrected chi connectivity index (χ2v) is 5.31. The summed E-state index contributed by atoms with van der Waals surface area (Å²) in [5, 5.41) is 22.2. The van der Waals surface area contributed by atoms with Crippen LogP contribution in [-0.2, 0) is 0 Å². The van der Waals surface area contributed by atoms with E-state index in [2.05, 4.69) is 26.2 Å². The topological polar surface area (TPSA) is 109 Å². The molecule has 0 aromatic carbocycles. The maximum absolute atomic E-state index is 11.1. The predicted octanol–water partition coefficient (Wildman–Crippen LogP) is 1.99. The molecule has 0 aliphatic carbocycles. The fraction of sp³-hybridized carbons (Fsp3) is 0.455. The number of pyridine rings is 1. The van der Waals surface area contributed by atoms with Crippen molar-refractivity contribution in [1.82, 2.24) is 10.3 Å². The third-order valence-corrected chi connectivity index (χ3v) is 3.77. The molecule has 1 aliphatic heterocycles. The fourth-order valence-electron chi connectivity index (χ4n) is 2.29. The van der Waals surface area contributed by atoms with E-state index in [0.29, 0.717) is 36.1 Å². The number of nitrogens with one attached hydrogen (secondary N) is 1. The Balaban J connectivity index is 2.14. The molecule has 0 saturated carbocycles. The van der Waals surface area contributed by atoms with Gasteiger partial charge in [-0.1, -0.05) is 0 Å². The second-order valence-electron chi connectivity index (χ2n) is 4.46. The highest BCUT2D eigenvalue weighted by Crippen LogP contribution is 2.36. The Morgan fingerprint density at radius 2 is 2.15 bits per heavy atom. The number of rotatable bonds is 3. The summed E-state index contributed by atoms with van der Waals surface area (Å²) in [6.07, 6.45) is 2.92. The van der Waals surface area contributed by atoms with Gasteiger partial charge in [0, 0.05) is 25.3 Å². The van der Waals surface area contributed by atoms with Crippen LogP contribution >= 0.6 is 15.9 Å². The summed E-state index contributed by atoms with van der Waals surface area (Å²) in [6.45, 7) is 1.10. The maximum atomic E-state index is 11.1. The Labute approximate surface area is 123 Å². The molecule has 1 aliphatic rings. The van der Waals surface area contributed by atoms with E-state index in [9.17, 15) is 14.9 Å². The number of piperidine rings is 1. The molecule has 0 atom stereocenters. The largest absolute Gasteiger partial charge is 0.465 e. The zero-order valence-electron chi connectivity index (χ0n) is 10.5. The monoisotopic (exact) mass is 344 g/mol. The van der Waals surface area contributed by atoms with Crippen LogP contribution in [0.25, 0.3) is 0 Å². The molecule has 0 unspecified atom stereocenters. The quantitative estimate of drug-likeness (QED) is 0.641. The van der Waals surface area contributed by atoms with E-state index in [1.807, 2.05) is 4.90 Å². The smallest absolute Gasteiger partial charge is 0.404 e. The van der Waals surface area contributed by atoms with Crippen molar-refractivity contribution in [2.24, 2.45) is 0 Å². The summed E-state index contributed by atoms with van der Waals surface area (Å²) in [6, 6.07) is -0.108. The van der Waals surface area contributed by atoms with E-state index in [4.69, 9.17) is 5.11 Å². The molecule has 1 saturated heterocycles. The average molecular weight is 345 g/mol. The van der Waals surface area contributed by atoms with Gasteiger partial charge in [-0.05, 0) is 28.8 Å². The van der Waals surface area contributed by atoms with E-state index in [0.717, 1.165) is 0 Å². The number of amides is 1. The van der Waals surface area contributed by atoms with E-state index in [-0.39, 0.29) is 11.7 Å². The normalized spacial score (nSPS) is 15.9. The first-order valence-electron chi connectivity index (χ1n) is 6.01. The summed E-state index contributed by atoms with van der Waals surface area (Å²) in [5.74, 6) is 0. The number of anilines is 1. The van der Waals surface area contributed by atoms with Crippen molar-refractivity contribution in [3.8, 4) is 0 Å². The minimum atomic E-state index is -1.04. The first-order valence-corrected chi connectivity index (χ1v) is 6.80. The summed E-state index contributed by atoms with van der Waals surface area (Å²) in [4.78, 5) is 26.9. The van der Waals surface area contributed by atoms with Gasteiger partial charge < -0.3 is 15.3 Å². The Hall–Kier alpha value is -1.90. The third-order valence-electron chi connectivity index (χ3n) is 3.19. The van der Waals surface area contributed by atoms with Gasteiger partial charge in [-0.2, -0.15) is 0 Å². The Morgan fingerprint density at radius 1 is 1.50 bits per heavy atom. The highest BCUT2D eigenvalue weighted by molar-refractivity contribution is 9.10. The Morgan fingerprint density at radius 3 is 2.70 bits per heavy atom. The van der Waals surface area contributed by atoms with Crippen LogP contribution in [0.3, 0.4) is 0 Å². The molecular formula is C11H13BrN4O4. The van der Waals surface area contributed by atoms with Crippen molar-refractivity contribution in [1.29, 1.82) is 0 Å². The van der Waals surface area contributed by atoms with Crippen LogP contribution < -0.4 is 10.2 Å². The van der Waals surface area contributed by atoms with Crippen molar-refractivity contribution in [3.63, 3.8) is 0 Å². The van der Waals surface area contributed by atoms with Crippen LogP contribution in [0.1, 0.15) is 12.8 Å². The number of hydrogen-bond acceptors (Lipinski definition) is 5. The molecule has 2 N–H and O–H groups in total. The number of halogens is 1. The Kier molecular flexibility index (Phi) is 4.38.